The van der Waals surface area contributed by atoms with Crippen molar-refractivity contribution in [3.05, 3.63) is 47.0 Å². The van der Waals surface area contributed by atoms with Crippen molar-refractivity contribution in [3.8, 4) is 0 Å². The molecule has 0 spiro atoms. The van der Waals surface area contributed by atoms with E-state index in [2.05, 4.69) is 24.0 Å². The van der Waals surface area contributed by atoms with Crippen molar-refractivity contribution in [1.82, 2.24) is 5.32 Å². The van der Waals surface area contributed by atoms with Gasteiger partial charge in [0, 0.05) is 0 Å². The Morgan fingerprint density at radius 3 is 2.31 bits per heavy atom. The number of halogens is 1. The Balaban J connectivity index is 3.03. The van der Waals surface area contributed by atoms with Gasteiger partial charge in [-0.1, -0.05) is 35.9 Å². The first-order valence-electron chi connectivity index (χ1n) is 5.10. The Morgan fingerprint density at radius 2 is 1.88 bits per heavy atom. The lowest BCUT2D eigenvalue weighted by Crippen LogP contribution is -2.24. The van der Waals surface area contributed by atoms with Gasteiger partial charge in [-0.2, -0.15) is 0 Å². The van der Waals surface area contributed by atoms with Gasteiger partial charge in [-0.15, -0.1) is 0 Å². The van der Waals surface area contributed by atoms with Crippen LogP contribution in [0.4, 0.5) is 0 Å². The third-order valence-electron chi connectivity index (χ3n) is 2.45. The second-order valence-electron chi connectivity index (χ2n) is 3.89. The molecule has 3 heteroatoms. The largest absolute Gasteiger partial charge is 0.332 e. The molecule has 0 saturated heterocycles. The van der Waals surface area contributed by atoms with Gasteiger partial charge in [0.1, 0.15) is 5.50 Å². The molecule has 0 radical (unpaired) electrons. The van der Waals surface area contributed by atoms with Crippen LogP contribution in [0, 0.1) is 20.8 Å². The molecule has 1 amide bonds. The SMILES string of the molecule is C=CC(=O)NC(Cl)c1c(C)cc(C)cc1C. The predicted octanol–water partition coefficient (Wildman–Crippen LogP) is 3.15. The first kappa shape index (κ1) is 12.8. The second kappa shape index (κ2) is 5.17. The molecule has 16 heavy (non-hydrogen) atoms. The van der Waals surface area contributed by atoms with Gasteiger partial charge >= 0.3 is 0 Å². The number of hydrogen-bond acceptors (Lipinski definition) is 1. The van der Waals surface area contributed by atoms with Crippen molar-refractivity contribution in [2.75, 3.05) is 0 Å². The lowest BCUT2D eigenvalue weighted by atomic mass is 9.99. The maximum absolute atomic E-state index is 11.2. The van der Waals surface area contributed by atoms with E-state index < -0.39 is 5.50 Å². The smallest absolute Gasteiger partial charge is 0.244 e. The molecule has 86 valence electrons. The van der Waals surface area contributed by atoms with Crippen LogP contribution in [-0.4, -0.2) is 5.91 Å². The highest BCUT2D eigenvalue weighted by Crippen LogP contribution is 2.26. The molecule has 0 saturated carbocycles. The molecule has 1 aromatic carbocycles. The van der Waals surface area contributed by atoms with E-state index in [0.29, 0.717) is 0 Å². The summed E-state index contributed by atoms with van der Waals surface area (Å²) in [6.45, 7) is 9.41. The minimum Gasteiger partial charge on any atom is -0.332 e. The molecule has 0 aliphatic rings. The van der Waals surface area contributed by atoms with Crippen LogP contribution in [0.25, 0.3) is 0 Å². The van der Waals surface area contributed by atoms with E-state index in [4.69, 9.17) is 11.6 Å². The fourth-order valence-electron chi connectivity index (χ4n) is 1.85. The summed E-state index contributed by atoms with van der Waals surface area (Å²) >= 11 is 6.16. The first-order valence-corrected chi connectivity index (χ1v) is 5.54. The maximum atomic E-state index is 11.2. The number of aryl methyl sites for hydroxylation is 3. The molecular formula is C13H16ClNO. The second-order valence-corrected chi connectivity index (χ2v) is 4.32. The number of nitrogens with one attached hydrogen (secondary N) is 1. The van der Waals surface area contributed by atoms with Crippen LogP contribution < -0.4 is 5.32 Å². The topological polar surface area (TPSA) is 29.1 Å². The number of carbonyl (C=O) groups excluding carboxylic acids is 1. The van der Waals surface area contributed by atoms with Gasteiger partial charge in [0.05, 0.1) is 0 Å². The molecule has 0 aliphatic carbocycles. The van der Waals surface area contributed by atoms with Crippen LogP contribution >= 0.6 is 11.6 Å². The maximum Gasteiger partial charge on any atom is 0.244 e. The summed E-state index contributed by atoms with van der Waals surface area (Å²) in [5, 5.41) is 2.66. The van der Waals surface area contributed by atoms with Crippen LogP contribution in [-0.2, 0) is 4.79 Å². The fraction of sp³-hybridized carbons (Fsp3) is 0.308. The third-order valence-corrected chi connectivity index (χ3v) is 2.77. The molecule has 0 fully saturated rings. The molecule has 2 nitrogen and oxygen atoms in total. The van der Waals surface area contributed by atoms with Gasteiger partial charge in [0.15, 0.2) is 0 Å². The van der Waals surface area contributed by atoms with Gasteiger partial charge < -0.3 is 5.32 Å². The Hall–Kier alpha value is -1.28. The monoisotopic (exact) mass is 237 g/mol. The Labute approximate surface area is 101 Å². The van der Waals surface area contributed by atoms with Gasteiger partial charge in [-0.05, 0) is 43.5 Å². The lowest BCUT2D eigenvalue weighted by Gasteiger charge is -2.17. The number of alkyl halides is 1. The third kappa shape index (κ3) is 2.86. The van der Waals surface area contributed by atoms with Crippen molar-refractivity contribution in [2.45, 2.75) is 26.3 Å². The zero-order chi connectivity index (χ0) is 12.3. The molecule has 1 atom stereocenters. The standard InChI is InChI=1S/C13H16ClNO/c1-5-11(16)15-13(14)12-9(3)6-8(2)7-10(12)4/h5-7,13H,1H2,2-4H3,(H,15,16). The molecule has 1 unspecified atom stereocenters. The highest BCUT2D eigenvalue weighted by Gasteiger charge is 2.14. The summed E-state index contributed by atoms with van der Waals surface area (Å²) in [4.78, 5) is 11.2. The molecule has 0 aliphatic heterocycles. The molecule has 0 aromatic heterocycles. The van der Waals surface area contributed by atoms with E-state index in [1.807, 2.05) is 20.8 Å². The molecular weight excluding hydrogens is 222 g/mol. The number of amides is 1. The number of hydrogen-bond donors (Lipinski definition) is 1. The molecule has 1 aromatic rings. The predicted molar refractivity (Wildman–Crippen MR) is 67.6 cm³/mol. The van der Waals surface area contributed by atoms with Crippen molar-refractivity contribution >= 4 is 17.5 Å². The van der Waals surface area contributed by atoms with Crippen LogP contribution in [0.2, 0.25) is 0 Å². The number of carbonyl (C=O) groups is 1. The summed E-state index contributed by atoms with van der Waals surface area (Å²) in [5.41, 5.74) is 3.81. The first-order chi connectivity index (χ1) is 7.45. The van der Waals surface area contributed by atoms with Gasteiger partial charge in [0.2, 0.25) is 5.91 Å². The van der Waals surface area contributed by atoms with Crippen LogP contribution in [0.5, 0.6) is 0 Å². The van der Waals surface area contributed by atoms with Gasteiger partial charge in [-0.3, -0.25) is 4.79 Å². The minimum atomic E-state index is -0.508. The van der Waals surface area contributed by atoms with Crippen molar-refractivity contribution in [1.29, 1.82) is 0 Å². The average molecular weight is 238 g/mol. The minimum absolute atomic E-state index is 0.264. The van der Waals surface area contributed by atoms with Gasteiger partial charge in [-0.25, -0.2) is 0 Å². The number of rotatable bonds is 3. The normalized spacial score (nSPS) is 12.0. The Morgan fingerprint density at radius 1 is 1.38 bits per heavy atom. The zero-order valence-corrected chi connectivity index (χ0v) is 10.6. The average Bonchev–Trinajstić information content (AvgIpc) is 2.15. The van der Waals surface area contributed by atoms with Crippen molar-refractivity contribution in [2.24, 2.45) is 0 Å². The summed E-state index contributed by atoms with van der Waals surface area (Å²) in [6.07, 6.45) is 1.22. The van der Waals surface area contributed by atoms with Crippen LogP contribution in [0.15, 0.2) is 24.8 Å². The number of benzene rings is 1. The Kier molecular flexibility index (Phi) is 4.13. The lowest BCUT2D eigenvalue weighted by molar-refractivity contribution is -0.116. The molecule has 0 bridgehead atoms. The molecule has 0 heterocycles. The summed E-state index contributed by atoms with van der Waals surface area (Å²) in [7, 11) is 0. The summed E-state index contributed by atoms with van der Waals surface area (Å²) < 4.78 is 0. The van der Waals surface area contributed by atoms with E-state index in [9.17, 15) is 4.79 Å². The van der Waals surface area contributed by atoms with E-state index in [-0.39, 0.29) is 5.91 Å². The summed E-state index contributed by atoms with van der Waals surface area (Å²) in [6, 6.07) is 4.11. The van der Waals surface area contributed by atoms with Gasteiger partial charge in [0.25, 0.3) is 0 Å². The van der Waals surface area contributed by atoms with E-state index in [1.54, 1.807) is 0 Å². The fourth-order valence-corrected chi connectivity index (χ4v) is 2.30. The summed E-state index contributed by atoms with van der Waals surface area (Å²) in [5.74, 6) is -0.264. The molecule has 1 rings (SSSR count). The zero-order valence-electron chi connectivity index (χ0n) is 9.80. The highest BCUT2D eigenvalue weighted by molar-refractivity contribution is 6.22. The van der Waals surface area contributed by atoms with E-state index in [1.165, 1.54) is 11.6 Å². The van der Waals surface area contributed by atoms with Crippen LogP contribution in [0.3, 0.4) is 0 Å². The van der Waals surface area contributed by atoms with Crippen molar-refractivity contribution < 1.29 is 4.79 Å². The van der Waals surface area contributed by atoms with E-state index >= 15 is 0 Å². The van der Waals surface area contributed by atoms with Crippen molar-refractivity contribution in [3.63, 3.8) is 0 Å². The van der Waals surface area contributed by atoms with Crippen LogP contribution in [0.1, 0.15) is 27.8 Å². The molecule has 1 N–H and O–H groups in total. The Bertz CT molecular complexity index is 403. The highest BCUT2D eigenvalue weighted by atomic mass is 35.5. The quantitative estimate of drug-likeness (QED) is 0.488. The van der Waals surface area contributed by atoms with E-state index in [0.717, 1.165) is 16.7 Å².